The molecule has 0 fully saturated rings. The van der Waals surface area contributed by atoms with Crippen LogP contribution in [0.4, 0.5) is 5.69 Å². The van der Waals surface area contributed by atoms with E-state index in [4.69, 9.17) is 5.11 Å². The standard InChI is InChI=1S/C12H13NO3S3/c1-17-10-4-2-9(3-5-10)13-19(15,16)12-6-11(7-14)18-8-12/h2-6,8,13-14H,7H2,1H3. The van der Waals surface area contributed by atoms with Gasteiger partial charge in [0.1, 0.15) is 0 Å². The van der Waals surface area contributed by atoms with Crippen LogP contribution in [0.2, 0.25) is 0 Å². The lowest BCUT2D eigenvalue weighted by atomic mass is 10.3. The van der Waals surface area contributed by atoms with Gasteiger partial charge in [-0.15, -0.1) is 23.1 Å². The number of rotatable bonds is 5. The largest absolute Gasteiger partial charge is 0.391 e. The third-order valence-electron chi connectivity index (χ3n) is 2.44. The summed E-state index contributed by atoms with van der Waals surface area (Å²) < 4.78 is 26.7. The molecule has 0 saturated carbocycles. The Hall–Kier alpha value is -1.02. The maximum Gasteiger partial charge on any atom is 0.262 e. The van der Waals surface area contributed by atoms with Crippen LogP contribution in [0, 0.1) is 0 Å². The Balaban J connectivity index is 2.20. The molecule has 0 aliphatic heterocycles. The van der Waals surface area contributed by atoms with Gasteiger partial charge in [-0.3, -0.25) is 4.72 Å². The summed E-state index contributed by atoms with van der Waals surface area (Å²) in [6.07, 6.45) is 1.96. The molecule has 0 spiro atoms. The van der Waals surface area contributed by atoms with Crippen molar-refractivity contribution in [2.75, 3.05) is 11.0 Å². The minimum Gasteiger partial charge on any atom is -0.391 e. The van der Waals surface area contributed by atoms with Crippen LogP contribution in [0.5, 0.6) is 0 Å². The molecule has 0 aliphatic carbocycles. The molecule has 102 valence electrons. The van der Waals surface area contributed by atoms with Gasteiger partial charge in [0.25, 0.3) is 10.0 Å². The van der Waals surface area contributed by atoms with Crippen molar-refractivity contribution in [2.45, 2.75) is 16.4 Å². The molecule has 0 bridgehead atoms. The highest BCUT2D eigenvalue weighted by Gasteiger charge is 2.16. The zero-order valence-electron chi connectivity index (χ0n) is 10.2. The molecule has 0 atom stereocenters. The lowest BCUT2D eigenvalue weighted by Gasteiger charge is -2.06. The Morgan fingerprint density at radius 2 is 2.00 bits per heavy atom. The molecule has 0 aliphatic rings. The number of benzene rings is 1. The van der Waals surface area contributed by atoms with Crippen molar-refractivity contribution < 1.29 is 13.5 Å². The predicted molar refractivity (Wildman–Crippen MR) is 79.3 cm³/mol. The van der Waals surface area contributed by atoms with E-state index in [2.05, 4.69) is 4.72 Å². The van der Waals surface area contributed by atoms with E-state index in [9.17, 15) is 8.42 Å². The molecule has 0 radical (unpaired) electrons. The lowest BCUT2D eigenvalue weighted by molar-refractivity contribution is 0.285. The summed E-state index contributed by atoms with van der Waals surface area (Å²) in [6, 6.07) is 8.64. The molecule has 19 heavy (non-hydrogen) atoms. The van der Waals surface area contributed by atoms with Gasteiger partial charge in [0.15, 0.2) is 0 Å². The molecule has 2 rings (SSSR count). The Kier molecular flexibility index (Phi) is 4.51. The number of aliphatic hydroxyl groups excluding tert-OH is 1. The third kappa shape index (κ3) is 3.50. The van der Waals surface area contributed by atoms with Crippen LogP contribution in [-0.4, -0.2) is 19.8 Å². The van der Waals surface area contributed by atoms with E-state index < -0.39 is 10.0 Å². The van der Waals surface area contributed by atoms with E-state index in [0.29, 0.717) is 10.6 Å². The second kappa shape index (κ2) is 5.96. The summed E-state index contributed by atoms with van der Waals surface area (Å²) in [6.45, 7) is -0.150. The van der Waals surface area contributed by atoms with E-state index in [1.54, 1.807) is 23.9 Å². The van der Waals surface area contributed by atoms with Crippen LogP contribution in [0.25, 0.3) is 0 Å². The summed E-state index contributed by atoms with van der Waals surface area (Å²) in [7, 11) is -3.58. The number of hydrogen-bond acceptors (Lipinski definition) is 5. The van der Waals surface area contributed by atoms with Gasteiger partial charge in [0.05, 0.1) is 11.5 Å². The number of nitrogens with one attached hydrogen (secondary N) is 1. The normalized spacial score (nSPS) is 11.5. The fourth-order valence-corrected chi connectivity index (χ4v) is 4.06. The van der Waals surface area contributed by atoms with Gasteiger partial charge in [0, 0.05) is 20.8 Å². The maximum absolute atomic E-state index is 12.1. The highest BCUT2D eigenvalue weighted by molar-refractivity contribution is 7.98. The topological polar surface area (TPSA) is 66.4 Å². The molecule has 0 amide bonds. The van der Waals surface area contributed by atoms with Crippen molar-refractivity contribution in [3.63, 3.8) is 0 Å². The van der Waals surface area contributed by atoms with Gasteiger partial charge in [-0.05, 0) is 36.6 Å². The molecule has 1 aromatic heterocycles. The SMILES string of the molecule is CSc1ccc(NS(=O)(=O)c2csc(CO)c2)cc1. The molecule has 2 N–H and O–H groups in total. The molecule has 4 nitrogen and oxygen atoms in total. The third-order valence-corrected chi connectivity index (χ3v) is 5.61. The number of hydrogen-bond donors (Lipinski definition) is 2. The highest BCUT2D eigenvalue weighted by Crippen LogP contribution is 2.23. The second-order valence-corrected chi connectivity index (χ2v) is 7.30. The first-order valence-corrected chi connectivity index (χ1v) is 8.99. The molecular formula is C12H13NO3S3. The first-order valence-electron chi connectivity index (χ1n) is 5.40. The van der Waals surface area contributed by atoms with Crippen molar-refractivity contribution in [1.29, 1.82) is 0 Å². The van der Waals surface area contributed by atoms with Crippen LogP contribution in [0.1, 0.15) is 4.88 Å². The van der Waals surface area contributed by atoms with Crippen molar-refractivity contribution in [1.82, 2.24) is 0 Å². The maximum atomic E-state index is 12.1. The monoisotopic (exact) mass is 315 g/mol. The summed E-state index contributed by atoms with van der Waals surface area (Å²) in [5.41, 5.74) is 0.523. The van der Waals surface area contributed by atoms with E-state index in [0.717, 1.165) is 4.90 Å². The Morgan fingerprint density at radius 1 is 1.32 bits per heavy atom. The first-order chi connectivity index (χ1) is 9.05. The fourth-order valence-electron chi connectivity index (χ4n) is 1.46. The van der Waals surface area contributed by atoms with Crippen LogP contribution in [-0.2, 0) is 16.6 Å². The zero-order chi connectivity index (χ0) is 13.9. The summed E-state index contributed by atoms with van der Waals surface area (Å²) >= 11 is 2.82. The smallest absolute Gasteiger partial charge is 0.262 e. The van der Waals surface area contributed by atoms with Crippen molar-refractivity contribution >= 4 is 38.8 Å². The van der Waals surface area contributed by atoms with Gasteiger partial charge in [-0.25, -0.2) is 8.42 Å². The zero-order valence-corrected chi connectivity index (χ0v) is 12.6. The Bertz CT molecular complexity index is 647. The van der Waals surface area contributed by atoms with E-state index in [1.807, 2.05) is 18.4 Å². The van der Waals surface area contributed by atoms with E-state index in [1.165, 1.54) is 22.8 Å². The molecule has 7 heteroatoms. The summed E-state index contributed by atoms with van der Waals surface area (Å²) in [5, 5.41) is 10.5. The minimum absolute atomic E-state index is 0.150. The quantitative estimate of drug-likeness (QED) is 0.833. The Labute approximate surface area is 120 Å². The van der Waals surface area contributed by atoms with Crippen LogP contribution >= 0.6 is 23.1 Å². The van der Waals surface area contributed by atoms with Gasteiger partial charge in [0.2, 0.25) is 0 Å². The Morgan fingerprint density at radius 3 is 2.53 bits per heavy atom. The van der Waals surface area contributed by atoms with Gasteiger partial charge in [-0.2, -0.15) is 0 Å². The molecule has 1 aromatic carbocycles. The summed E-state index contributed by atoms with van der Waals surface area (Å²) in [4.78, 5) is 1.87. The molecular weight excluding hydrogens is 302 g/mol. The van der Waals surface area contributed by atoms with E-state index >= 15 is 0 Å². The number of anilines is 1. The summed E-state index contributed by atoms with van der Waals surface area (Å²) in [5.74, 6) is 0. The molecule has 1 heterocycles. The van der Waals surface area contributed by atoms with Crippen LogP contribution in [0.15, 0.2) is 45.5 Å². The second-order valence-electron chi connectivity index (χ2n) is 3.74. The van der Waals surface area contributed by atoms with Crippen LogP contribution < -0.4 is 4.72 Å². The number of thiophene rings is 1. The fraction of sp³-hybridized carbons (Fsp3) is 0.167. The van der Waals surface area contributed by atoms with Gasteiger partial charge in [-0.1, -0.05) is 0 Å². The van der Waals surface area contributed by atoms with Crippen molar-refractivity contribution in [2.24, 2.45) is 0 Å². The van der Waals surface area contributed by atoms with Crippen molar-refractivity contribution in [3.05, 3.63) is 40.6 Å². The molecule has 0 unspecified atom stereocenters. The molecule has 0 saturated heterocycles. The average molecular weight is 315 g/mol. The van der Waals surface area contributed by atoms with Crippen molar-refractivity contribution in [3.8, 4) is 0 Å². The number of thioether (sulfide) groups is 1. The van der Waals surface area contributed by atoms with Crippen LogP contribution in [0.3, 0.4) is 0 Å². The number of sulfonamides is 1. The first kappa shape index (κ1) is 14.4. The van der Waals surface area contributed by atoms with Gasteiger partial charge < -0.3 is 5.11 Å². The average Bonchev–Trinajstić information content (AvgIpc) is 2.89. The number of aliphatic hydroxyl groups is 1. The van der Waals surface area contributed by atoms with Gasteiger partial charge >= 0.3 is 0 Å². The van der Waals surface area contributed by atoms with E-state index in [-0.39, 0.29) is 11.5 Å². The predicted octanol–water partition coefficient (Wildman–Crippen LogP) is 2.76. The lowest BCUT2D eigenvalue weighted by Crippen LogP contribution is -2.11. The molecule has 2 aromatic rings. The highest BCUT2D eigenvalue weighted by atomic mass is 32.2. The minimum atomic E-state index is -3.58.